The van der Waals surface area contributed by atoms with Gasteiger partial charge in [-0.05, 0) is 31.0 Å². The molecular weight excluding hydrogens is 312 g/mol. The highest BCUT2D eigenvalue weighted by Crippen LogP contribution is 2.29. The van der Waals surface area contributed by atoms with Crippen LogP contribution >= 0.6 is 11.6 Å². The van der Waals surface area contributed by atoms with E-state index in [0.29, 0.717) is 12.1 Å². The van der Waals surface area contributed by atoms with Gasteiger partial charge in [-0.15, -0.1) is 0 Å². The van der Waals surface area contributed by atoms with Crippen molar-refractivity contribution in [3.8, 4) is 5.75 Å². The van der Waals surface area contributed by atoms with Crippen LogP contribution in [0.25, 0.3) is 0 Å². The maximum absolute atomic E-state index is 12.1. The van der Waals surface area contributed by atoms with Gasteiger partial charge in [0.1, 0.15) is 5.75 Å². The summed E-state index contributed by atoms with van der Waals surface area (Å²) in [6.07, 6.45) is 1.35. The predicted molar refractivity (Wildman–Crippen MR) is 73.4 cm³/mol. The topological polar surface area (TPSA) is 55.4 Å². The van der Waals surface area contributed by atoms with Gasteiger partial charge in [-0.25, -0.2) is 8.42 Å². The molecule has 0 aliphatic carbocycles. The van der Waals surface area contributed by atoms with Crippen LogP contribution in [0.2, 0.25) is 5.02 Å². The quantitative estimate of drug-likeness (QED) is 0.924. The number of ether oxygens (including phenoxy) is 1. The summed E-state index contributed by atoms with van der Waals surface area (Å²) in [6.45, 7) is -2.94. The summed E-state index contributed by atoms with van der Waals surface area (Å²) in [4.78, 5) is 0. The Morgan fingerprint density at radius 3 is 2.75 bits per heavy atom. The molecule has 1 aliphatic rings. The van der Waals surface area contributed by atoms with E-state index >= 15 is 0 Å². The fraction of sp³-hybridized carbons (Fsp3) is 0.500. The maximum atomic E-state index is 12.1. The van der Waals surface area contributed by atoms with E-state index in [-0.39, 0.29) is 28.3 Å². The van der Waals surface area contributed by atoms with Crippen LogP contribution < -0.4 is 10.1 Å². The molecule has 1 saturated heterocycles. The van der Waals surface area contributed by atoms with Crippen molar-refractivity contribution in [1.29, 1.82) is 0 Å². The molecule has 1 unspecified atom stereocenters. The van der Waals surface area contributed by atoms with Crippen molar-refractivity contribution in [3.05, 3.63) is 23.2 Å². The zero-order chi connectivity index (χ0) is 14.8. The van der Waals surface area contributed by atoms with Crippen LogP contribution in [0, 0.1) is 0 Å². The van der Waals surface area contributed by atoms with E-state index < -0.39 is 16.4 Å². The summed E-state index contributed by atoms with van der Waals surface area (Å²) < 4.78 is 51.5. The number of alkyl halides is 2. The van der Waals surface area contributed by atoms with Crippen molar-refractivity contribution in [2.75, 3.05) is 16.8 Å². The van der Waals surface area contributed by atoms with Gasteiger partial charge in [0, 0.05) is 11.7 Å². The minimum Gasteiger partial charge on any atom is -0.433 e. The molecule has 4 nitrogen and oxygen atoms in total. The molecule has 1 heterocycles. The van der Waals surface area contributed by atoms with E-state index in [9.17, 15) is 17.2 Å². The molecule has 1 atom stereocenters. The first-order valence-corrected chi connectivity index (χ1v) is 8.27. The Balaban J connectivity index is 2.05. The van der Waals surface area contributed by atoms with Crippen LogP contribution in [-0.4, -0.2) is 32.6 Å². The van der Waals surface area contributed by atoms with Gasteiger partial charge in [0.25, 0.3) is 0 Å². The van der Waals surface area contributed by atoms with E-state index in [2.05, 4.69) is 10.1 Å². The van der Waals surface area contributed by atoms with Gasteiger partial charge in [-0.1, -0.05) is 11.6 Å². The van der Waals surface area contributed by atoms with Crippen LogP contribution in [0.1, 0.15) is 12.8 Å². The summed E-state index contributed by atoms with van der Waals surface area (Å²) in [7, 11) is -3.01. The number of anilines is 1. The Bertz CT molecular complexity index is 580. The number of sulfone groups is 1. The number of nitrogens with one attached hydrogen (secondary N) is 1. The van der Waals surface area contributed by atoms with Crippen LogP contribution in [0.3, 0.4) is 0 Å². The minimum absolute atomic E-state index is 0.0500. The van der Waals surface area contributed by atoms with Crippen LogP contribution in [0.5, 0.6) is 5.75 Å². The van der Waals surface area contributed by atoms with E-state index in [1.165, 1.54) is 18.2 Å². The van der Waals surface area contributed by atoms with Crippen molar-refractivity contribution < 1.29 is 21.9 Å². The molecule has 1 fully saturated rings. The molecule has 2 rings (SSSR count). The van der Waals surface area contributed by atoms with Crippen LogP contribution in [-0.2, 0) is 9.84 Å². The number of rotatable bonds is 4. The van der Waals surface area contributed by atoms with Gasteiger partial charge < -0.3 is 10.1 Å². The van der Waals surface area contributed by atoms with Gasteiger partial charge in [-0.3, -0.25) is 0 Å². The average molecular weight is 326 g/mol. The fourth-order valence-electron chi connectivity index (χ4n) is 2.15. The maximum Gasteiger partial charge on any atom is 0.387 e. The van der Waals surface area contributed by atoms with Gasteiger partial charge >= 0.3 is 6.61 Å². The van der Waals surface area contributed by atoms with Crippen molar-refractivity contribution in [1.82, 2.24) is 0 Å². The normalized spacial score (nSPS) is 21.7. The summed E-state index contributed by atoms with van der Waals surface area (Å²) in [5.41, 5.74) is 0.582. The van der Waals surface area contributed by atoms with Gasteiger partial charge in [0.15, 0.2) is 9.84 Å². The molecule has 1 N–H and O–H groups in total. The summed E-state index contributed by atoms with van der Waals surface area (Å²) >= 11 is 5.83. The highest BCUT2D eigenvalue weighted by atomic mass is 35.5. The molecule has 0 spiro atoms. The lowest BCUT2D eigenvalue weighted by molar-refractivity contribution is -0.0497. The first-order valence-electron chi connectivity index (χ1n) is 6.07. The van der Waals surface area contributed by atoms with Crippen molar-refractivity contribution >= 4 is 27.1 Å². The molecule has 1 aliphatic heterocycles. The Kier molecular flexibility index (Phi) is 4.70. The van der Waals surface area contributed by atoms with Gasteiger partial charge in [-0.2, -0.15) is 8.78 Å². The predicted octanol–water partition coefficient (Wildman–Crippen LogP) is 2.93. The molecular formula is C12H14ClF2NO3S. The largest absolute Gasteiger partial charge is 0.433 e. The van der Waals surface area contributed by atoms with Crippen molar-refractivity contribution in [2.45, 2.75) is 25.5 Å². The van der Waals surface area contributed by atoms with Crippen molar-refractivity contribution in [2.24, 2.45) is 0 Å². The smallest absolute Gasteiger partial charge is 0.387 e. The van der Waals surface area contributed by atoms with E-state index in [1.54, 1.807) is 0 Å². The Labute approximate surface area is 121 Å². The molecule has 0 aromatic heterocycles. The van der Waals surface area contributed by atoms with Gasteiger partial charge in [0.2, 0.25) is 0 Å². The second-order valence-electron chi connectivity index (χ2n) is 4.62. The third kappa shape index (κ3) is 4.21. The monoisotopic (exact) mass is 325 g/mol. The first kappa shape index (κ1) is 15.3. The molecule has 8 heteroatoms. The molecule has 0 radical (unpaired) electrons. The Morgan fingerprint density at radius 2 is 2.15 bits per heavy atom. The Morgan fingerprint density at radius 1 is 1.40 bits per heavy atom. The summed E-state index contributed by atoms with van der Waals surface area (Å²) in [6, 6.07) is 4.12. The standard InChI is InChI=1S/C12H14ClF2NO3S/c13-10-6-8(3-4-11(10)19-12(14)15)16-9-2-1-5-20(17,18)7-9/h3-4,6,9,12,16H,1-2,5,7H2. The molecule has 1 aromatic carbocycles. The van der Waals surface area contributed by atoms with Crippen LogP contribution in [0.15, 0.2) is 18.2 Å². The zero-order valence-electron chi connectivity index (χ0n) is 10.5. The Hall–Kier alpha value is -1.08. The lowest BCUT2D eigenvalue weighted by atomic mass is 10.1. The minimum atomic E-state index is -3.01. The SMILES string of the molecule is O=S1(=O)CCCC(Nc2ccc(OC(F)F)c(Cl)c2)C1. The zero-order valence-corrected chi connectivity index (χ0v) is 12.1. The highest BCUT2D eigenvalue weighted by molar-refractivity contribution is 7.91. The molecule has 1 aromatic rings. The molecule has 0 bridgehead atoms. The number of hydrogen-bond acceptors (Lipinski definition) is 4. The third-order valence-corrected chi connectivity index (χ3v) is 5.10. The fourth-order valence-corrected chi connectivity index (χ4v) is 4.02. The second-order valence-corrected chi connectivity index (χ2v) is 7.26. The summed E-state index contributed by atoms with van der Waals surface area (Å²) in [5, 5.41) is 3.10. The number of benzene rings is 1. The number of hydrogen-bond donors (Lipinski definition) is 1. The van der Waals surface area contributed by atoms with Gasteiger partial charge in [0.05, 0.1) is 16.5 Å². The molecule has 0 amide bonds. The average Bonchev–Trinajstić information content (AvgIpc) is 2.31. The highest BCUT2D eigenvalue weighted by Gasteiger charge is 2.24. The number of halogens is 3. The van der Waals surface area contributed by atoms with Crippen LogP contribution in [0.4, 0.5) is 14.5 Å². The van der Waals surface area contributed by atoms with E-state index in [1.807, 2.05) is 0 Å². The van der Waals surface area contributed by atoms with E-state index in [4.69, 9.17) is 11.6 Å². The first-order chi connectivity index (χ1) is 9.35. The third-order valence-electron chi connectivity index (χ3n) is 2.98. The molecule has 20 heavy (non-hydrogen) atoms. The van der Waals surface area contributed by atoms with Crippen molar-refractivity contribution in [3.63, 3.8) is 0 Å². The van der Waals surface area contributed by atoms with E-state index in [0.717, 1.165) is 6.42 Å². The molecule has 112 valence electrons. The lowest BCUT2D eigenvalue weighted by Crippen LogP contribution is -2.34. The second kappa shape index (κ2) is 6.13. The lowest BCUT2D eigenvalue weighted by Gasteiger charge is -2.24. The summed E-state index contributed by atoms with van der Waals surface area (Å²) in [5.74, 6) is 0.177. The molecule has 0 saturated carbocycles.